The van der Waals surface area contributed by atoms with Gasteiger partial charge in [-0.25, -0.2) is 9.18 Å². The van der Waals surface area contributed by atoms with Crippen LogP contribution in [-0.4, -0.2) is 6.03 Å². The van der Waals surface area contributed by atoms with E-state index < -0.39 is 5.54 Å². The van der Waals surface area contributed by atoms with E-state index in [1.807, 2.05) is 13.8 Å². The molecule has 3 nitrogen and oxygen atoms in total. The van der Waals surface area contributed by atoms with Gasteiger partial charge in [0, 0.05) is 10.7 Å². The van der Waals surface area contributed by atoms with Crippen molar-refractivity contribution in [2.24, 2.45) is 0 Å². The molecule has 0 saturated carbocycles. The van der Waals surface area contributed by atoms with Crippen LogP contribution in [0, 0.1) is 5.82 Å². The molecule has 0 unspecified atom stereocenters. The third-order valence-corrected chi connectivity index (χ3v) is 3.35. The molecule has 0 aliphatic rings. The minimum Gasteiger partial charge on any atom is -0.329 e. The maximum atomic E-state index is 12.9. The molecule has 2 amide bonds. The highest BCUT2D eigenvalue weighted by Gasteiger charge is 2.22. The largest absolute Gasteiger partial charge is 0.329 e. The minimum atomic E-state index is -0.621. The van der Waals surface area contributed by atoms with Crippen molar-refractivity contribution >= 4 is 23.3 Å². The lowest BCUT2D eigenvalue weighted by Crippen LogP contribution is -2.43. The van der Waals surface area contributed by atoms with Crippen LogP contribution in [0.1, 0.15) is 19.4 Å². The van der Waals surface area contributed by atoms with Gasteiger partial charge in [0.15, 0.2) is 0 Å². The predicted molar refractivity (Wildman–Crippen MR) is 83.0 cm³/mol. The van der Waals surface area contributed by atoms with Crippen molar-refractivity contribution in [2.45, 2.75) is 19.4 Å². The Kier molecular flexibility index (Phi) is 4.48. The molecule has 2 aromatic rings. The normalized spacial score (nSPS) is 11.0. The number of hydrogen-bond acceptors (Lipinski definition) is 1. The summed E-state index contributed by atoms with van der Waals surface area (Å²) >= 11 is 5.79. The van der Waals surface area contributed by atoms with Crippen LogP contribution < -0.4 is 10.6 Å². The van der Waals surface area contributed by atoms with E-state index in [2.05, 4.69) is 10.6 Å². The van der Waals surface area contributed by atoms with Crippen molar-refractivity contribution in [3.8, 4) is 0 Å². The van der Waals surface area contributed by atoms with Gasteiger partial charge in [-0.15, -0.1) is 0 Å². The second-order valence-electron chi connectivity index (χ2n) is 5.22. The number of halogens is 2. The Morgan fingerprint density at radius 2 is 1.62 bits per heavy atom. The Bertz CT molecular complexity index is 624. The summed E-state index contributed by atoms with van der Waals surface area (Å²) in [5, 5.41) is 6.18. The van der Waals surface area contributed by atoms with E-state index in [1.165, 1.54) is 12.1 Å². The van der Waals surface area contributed by atoms with Gasteiger partial charge in [-0.2, -0.15) is 0 Å². The van der Waals surface area contributed by atoms with E-state index in [4.69, 9.17) is 11.6 Å². The molecule has 110 valence electrons. The fourth-order valence-electron chi connectivity index (χ4n) is 1.92. The first-order chi connectivity index (χ1) is 9.87. The summed E-state index contributed by atoms with van der Waals surface area (Å²) in [4.78, 5) is 12.0. The molecule has 0 heterocycles. The highest BCUT2D eigenvalue weighted by atomic mass is 35.5. The van der Waals surface area contributed by atoms with Gasteiger partial charge in [-0.1, -0.05) is 23.7 Å². The second kappa shape index (κ2) is 6.14. The molecule has 0 atom stereocenters. The zero-order valence-corrected chi connectivity index (χ0v) is 12.5. The molecule has 0 saturated heterocycles. The topological polar surface area (TPSA) is 41.1 Å². The van der Waals surface area contributed by atoms with Gasteiger partial charge in [0.25, 0.3) is 0 Å². The SMILES string of the molecule is CC(C)(NC(=O)Nc1ccc(Cl)cc1)c1ccc(F)cc1. The third-order valence-electron chi connectivity index (χ3n) is 3.09. The van der Waals surface area contributed by atoms with Crippen LogP contribution in [0.15, 0.2) is 48.5 Å². The standard InChI is InChI=1S/C16H16ClFN2O/c1-16(2,11-3-7-13(18)8-4-11)20-15(21)19-14-9-5-12(17)6-10-14/h3-10H,1-2H3,(H2,19,20,21). The van der Waals surface area contributed by atoms with Crippen LogP contribution in [0.2, 0.25) is 5.02 Å². The van der Waals surface area contributed by atoms with E-state index in [-0.39, 0.29) is 11.8 Å². The zero-order valence-electron chi connectivity index (χ0n) is 11.8. The summed E-state index contributed by atoms with van der Waals surface area (Å²) < 4.78 is 12.9. The molecular formula is C16H16ClFN2O. The molecule has 5 heteroatoms. The van der Waals surface area contributed by atoms with E-state index in [1.54, 1.807) is 36.4 Å². The van der Waals surface area contributed by atoms with Crippen molar-refractivity contribution in [2.75, 3.05) is 5.32 Å². The van der Waals surface area contributed by atoms with E-state index in [0.29, 0.717) is 10.7 Å². The maximum absolute atomic E-state index is 12.9. The summed E-state index contributed by atoms with van der Waals surface area (Å²) in [6.07, 6.45) is 0. The lowest BCUT2D eigenvalue weighted by atomic mass is 9.94. The van der Waals surface area contributed by atoms with E-state index in [9.17, 15) is 9.18 Å². The number of nitrogens with one attached hydrogen (secondary N) is 2. The Labute approximate surface area is 128 Å². The fourth-order valence-corrected chi connectivity index (χ4v) is 2.04. The number of amides is 2. The number of anilines is 1. The van der Waals surface area contributed by atoms with Crippen LogP contribution in [0.25, 0.3) is 0 Å². The van der Waals surface area contributed by atoms with Crippen LogP contribution in [0.3, 0.4) is 0 Å². The maximum Gasteiger partial charge on any atom is 0.319 e. The third kappa shape index (κ3) is 4.20. The minimum absolute atomic E-state index is 0.305. The van der Waals surface area contributed by atoms with Gasteiger partial charge in [-0.3, -0.25) is 0 Å². The lowest BCUT2D eigenvalue weighted by Gasteiger charge is -2.27. The molecule has 0 spiro atoms. The van der Waals surface area contributed by atoms with Gasteiger partial charge in [0.2, 0.25) is 0 Å². The number of carbonyl (C=O) groups is 1. The van der Waals surface area contributed by atoms with Crippen molar-refractivity contribution in [1.29, 1.82) is 0 Å². The number of urea groups is 1. The summed E-state index contributed by atoms with van der Waals surface area (Å²) in [5.74, 6) is -0.305. The average Bonchev–Trinajstić information content (AvgIpc) is 2.41. The summed E-state index contributed by atoms with van der Waals surface area (Å²) in [7, 11) is 0. The van der Waals surface area contributed by atoms with Crippen molar-refractivity contribution in [3.05, 3.63) is 64.9 Å². The van der Waals surface area contributed by atoms with E-state index in [0.717, 1.165) is 5.56 Å². The number of hydrogen-bond donors (Lipinski definition) is 2. The van der Waals surface area contributed by atoms with Gasteiger partial charge in [-0.05, 0) is 55.8 Å². The molecule has 0 aromatic heterocycles. The van der Waals surface area contributed by atoms with Crippen LogP contribution in [0.4, 0.5) is 14.9 Å². The van der Waals surface area contributed by atoms with E-state index >= 15 is 0 Å². The molecule has 2 N–H and O–H groups in total. The second-order valence-corrected chi connectivity index (χ2v) is 5.65. The summed E-state index contributed by atoms with van der Waals surface area (Å²) in [6, 6.07) is 12.5. The highest BCUT2D eigenvalue weighted by molar-refractivity contribution is 6.30. The molecule has 2 rings (SSSR count). The summed E-state index contributed by atoms with van der Waals surface area (Å²) in [6.45, 7) is 3.70. The molecular weight excluding hydrogens is 291 g/mol. The van der Waals surface area contributed by atoms with Gasteiger partial charge >= 0.3 is 6.03 Å². The number of rotatable bonds is 3. The predicted octanol–water partition coefficient (Wildman–Crippen LogP) is 4.54. The monoisotopic (exact) mass is 306 g/mol. The zero-order chi connectivity index (χ0) is 15.5. The molecule has 0 bridgehead atoms. The molecule has 0 aliphatic carbocycles. The van der Waals surface area contributed by atoms with Crippen LogP contribution in [0.5, 0.6) is 0 Å². The van der Waals surface area contributed by atoms with Gasteiger partial charge < -0.3 is 10.6 Å². The van der Waals surface area contributed by atoms with Gasteiger partial charge in [0.05, 0.1) is 5.54 Å². The molecule has 21 heavy (non-hydrogen) atoms. The Morgan fingerprint density at radius 3 is 2.19 bits per heavy atom. The molecule has 0 aliphatic heterocycles. The first-order valence-electron chi connectivity index (χ1n) is 6.47. The van der Waals surface area contributed by atoms with Crippen LogP contribution in [-0.2, 0) is 5.54 Å². The smallest absolute Gasteiger partial charge is 0.319 e. The lowest BCUT2D eigenvalue weighted by molar-refractivity contribution is 0.242. The number of benzene rings is 2. The van der Waals surface area contributed by atoms with Gasteiger partial charge in [0.1, 0.15) is 5.82 Å². The highest BCUT2D eigenvalue weighted by Crippen LogP contribution is 2.20. The Balaban J connectivity index is 2.03. The first-order valence-corrected chi connectivity index (χ1v) is 6.85. The van der Waals surface area contributed by atoms with Crippen molar-refractivity contribution in [3.63, 3.8) is 0 Å². The fraction of sp³-hybridized carbons (Fsp3) is 0.188. The molecule has 0 fully saturated rings. The Hall–Kier alpha value is -2.07. The average molecular weight is 307 g/mol. The molecule has 0 radical (unpaired) electrons. The quantitative estimate of drug-likeness (QED) is 0.859. The van der Waals surface area contributed by atoms with Crippen molar-refractivity contribution < 1.29 is 9.18 Å². The Morgan fingerprint density at radius 1 is 1.05 bits per heavy atom. The van der Waals surface area contributed by atoms with Crippen LogP contribution >= 0.6 is 11.6 Å². The summed E-state index contributed by atoms with van der Waals surface area (Å²) in [5.41, 5.74) is 0.839. The first kappa shape index (κ1) is 15.3. The number of carbonyl (C=O) groups excluding carboxylic acids is 1. The van der Waals surface area contributed by atoms with Crippen molar-refractivity contribution in [1.82, 2.24) is 5.32 Å². The molecule has 2 aromatic carbocycles.